The second kappa shape index (κ2) is 7.48. The van der Waals surface area contributed by atoms with Gasteiger partial charge in [0.1, 0.15) is 12.4 Å². The summed E-state index contributed by atoms with van der Waals surface area (Å²) >= 11 is 0. The van der Waals surface area contributed by atoms with Crippen molar-refractivity contribution in [2.45, 2.75) is 45.1 Å². The van der Waals surface area contributed by atoms with Crippen molar-refractivity contribution in [1.29, 1.82) is 0 Å². The van der Waals surface area contributed by atoms with Gasteiger partial charge < -0.3 is 9.84 Å². The van der Waals surface area contributed by atoms with Gasteiger partial charge in [0, 0.05) is 18.4 Å². The van der Waals surface area contributed by atoms with Crippen LogP contribution < -0.4 is 11.0 Å². The van der Waals surface area contributed by atoms with Crippen molar-refractivity contribution in [3.8, 4) is 5.69 Å². The number of nitrogens with one attached hydrogen (secondary N) is 1. The van der Waals surface area contributed by atoms with E-state index in [-0.39, 0.29) is 24.1 Å². The minimum Gasteiger partial charge on any atom is -0.337 e. The molecule has 4 rings (SSSR count). The van der Waals surface area contributed by atoms with Gasteiger partial charge in [0.05, 0.1) is 5.69 Å². The minimum absolute atomic E-state index is 0.171. The van der Waals surface area contributed by atoms with Crippen LogP contribution in [0.25, 0.3) is 5.69 Å². The molecule has 0 radical (unpaired) electrons. The number of benzene rings is 1. The van der Waals surface area contributed by atoms with Crippen molar-refractivity contribution in [3.05, 3.63) is 58.4 Å². The van der Waals surface area contributed by atoms with E-state index in [0.717, 1.165) is 37.4 Å². The van der Waals surface area contributed by atoms with Crippen molar-refractivity contribution in [3.63, 3.8) is 0 Å². The Labute approximate surface area is 157 Å². The Bertz CT molecular complexity index is 950. The molecule has 1 atom stereocenters. The van der Waals surface area contributed by atoms with Crippen LogP contribution in [0.3, 0.4) is 0 Å². The molecule has 8 heteroatoms. The summed E-state index contributed by atoms with van der Waals surface area (Å²) in [7, 11) is 0. The quantitative estimate of drug-likeness (QED) is 0.741. The fourth-order valence-corrected chi connectivity index (χ4v) is 3.38. The molecule has 27 heavy (non-hydrogen) atoms. The number of para-hydroxylation sites is 1. The Morgan fingerprint density at radius 1 is 1.30 bits per heavy atom. The molecule has 1 fully saturated rings. The van der Waals surface area contributed by atoms with Gasteiger partial charge in [-0.15, -0.1) is 0 Å². The van der Waals surface area contributed by atoms with E-state index in [9.17, 15) is 4.79 Å². The maximum absolute atomic E-state index is 13.1. The van der Waals surface area contributed by atoms with Crippen LogP contribution in [0.2, 0.25) is 0 Å². The predicted octanol–water partition coefficient (Wildman–Crippen LogP) is 2.06. The van der Waals surface area contributed by atoms with E-state index in [1.165, 1.54) is 4.68 Å². The Morgan fingerprint density at radius 2 is 2.11 bits per heavy atom. The van der Waals surface area contributed by atoms with Crippen molar-refractivity contribution in [2.75, 3.05) is 13.1 Å². The third kappa shape index (κ3) is 3.57. The number of aromatic nitrogens is 5. The average molecular weight is 368 g/mol. The highest BCUT2D eigenvalue weighted by Crippen LogP contribution is 2.23. The van der Waals surface area contributed by atoms with Crippen molar-refractivity contribution in [2.24, 2.45) is 0 Å². The Balaban J connectivity index is 1.73. The van der Waals surface area contributed by atoms with Gasteiger partial charge in [-0.2, -0.15) is 10.1 Å². The molecule has 0 bridgehead atoms. The fourth-order valence-electron chi connectivity index (χ4n) is 3.38. The van der Waals surface area contributed by atoms with Gasteiger partial charge in [-0.3, -0.25) is 0 Å². The Hall–Kier alpha value is -2.74. The van der Waals surface area contributed by atoms with Gasteiger partial charge in [0.25, 0.3) is 0 Å². The van der Waals surface area contributed by atoms with Gasteiger partial charge in [0.2, 0.25) is 5.89 Å². The van der Waals surface area contributed by atoms with Crippen molar-refractivity contribution in [1.82, 2.24) is 29.8 Å². The SMILES string of the molecule is CC(C)c1noc(Cn2nc([C@H]3CCCNC3)n(-c3ccccc3)c2=O)n1. The lowest BCUT2D eigenvalue weighted by Crippen LogP contribution is -2.31. The topological polar surface area (TPSA) is 90.8 Å². The highest BCUT2D eigenvalue weighted by atomic mass is 16.5. The monoisotopic (exact) mass is 368 g/mol. The molecule has 8 nitrogen and oxygen atoms in total. The fraction of sp³-hybridized carbons (Fsp3) is 0.474. The van der Waals surface area contributed by atoms with Gasteiger partial charge in [-0.25, -0.2) is 14.0 Å². The zero-order chi connectivity index (χ0) is 18.8. The van der Waals surface area contributed by atoms with Gasteiger partial charge in [0.15, 0.2) is 5.82 Å². The smallest absolute Gasteiger partial charge is 0.337 e. The predicted molar refractivity (Wildman–Crippen MR) is 100 cm³/mol. The average Bonchev–Trinajstić information content (AvgIpc) is 3.29. The minimum atomic E-state index is -0.189. The van der Waals surface area contributed by atoms with Crippen LogP contribution in [0, 0.1) is 0 Å². The van der Waals surface area contributed by atoms with Crippen LogP contribution in [0.15, 0.2) is 39.6 Å². The number of hydrogen-bond donors (Lipinski definition) is 1. The van der Waals surface area contributed by atoms with E-state index < -0.39 is 0 Å². The van der Waals surface area contributed by atoms with Crippen LogP contribution in [-0.2, 0) is 6.54 Å². The molecule has 0 unspecified atom stereocenters. The molecular weight excluding hydrogens is 344 g/mol. The molecule has 1 N–H and O–H groups in total. The largest absolute Gasteiger partial charge is 0.351 e. The summed E-state index contributed by atoms with van der Waals surface area (Å²) in [6.07, 6.45) is 2.08. The number of nitrogens with zero attached hydrogens (tertiary/aromatic N) is 5. The first-order valence-electron chi connectivity index (χ1n) is 9.42. The molecular formula is C19H24N6O2. The maximum Gasteiger partial charge on any atom is 0.351 e. The van der Waals surface area contributed by atoms with E-state index in [1.54, 1.807) is 4.57 Å². The lowest BCUT2D eigenvalue weighted by atomic mass is 9.99. The van der Waals surface area contributed by atoms with Gasteiger partial charge in [-0.1, -0.05) is 37.2 Å². The molecule has 2 aromatic heterocycles. The zero-order valence-corrected chi connectivity index (χ0v) is 15.6. The molecule has 1 aromatic carbocycles. The number of rotatable bonds is 5. The first-order chi connectivity index (χ1) is 13.1. The molecule has 1 aliphatic rings. The van der Waals surface area contributed by atoms with E-state index in [1.807, 2.05) is 44.2 Å². The van der Waals surface area contributed by atoms with E-state index >= 15 is 0 Å². The third-order valence-electron chi connectivity index (χ3n) is 4.83. The van der Waals surface area contributed by atoms with Crippen LogP contribution in [-0.4, -0.2) is 37.6 Å². The third-order valence-corrected chi connectivity index (χ3v) is 4.83. The molecule has 0 amide bonds. The lowest BCUT2D eigenvalue weighted by molar-refractivity contribution is 0.357. The highest BCUT2D eigenvalue weighted by molar-refractivity contribution is 5.33. The van der Waals surface area contributed by atoms with Crippen molar-refractivity contribution >= 4 is 0 Å². The molecule has 3 heterocycles. The van der Waals surface area contributed by atoms with Crippen LogP contribution in [0.5, 0.6) is 0 Å². The van der Waals surface area contributed by atoms with Gasteiger partial charge in [-0.05, 0) is 31.5 Å². The maximum atomic E-state index is 13.1. The van der Waals surface area contributed by atoms with E-state index in [4.69, 9.17) is 4.52 Å². The Kier molecular flexibility index (Phi) is 4.89. The molecule has 0 saturated carbocycles. The van der Waals surface area contributed by atoms with E-state index in [0.29, 0.717) is 11.7 Å². The molecule has 142 valence electrons. The summed E-state index contributed by atoms with van der Waals surface area (Å²) in [6.45, 7) is 6.00. The summed E-state index contributed by atoms with van der Waals surface area (Å²) in [5, 5.41) is 12.0. The zero-order valence-electron chi connectivity index (χ0n) is 15.6. The van der Waals surface area contributed by atoms with Crippen LogP contribution >= 0.6 is 0 Å². The first kappa shape index (κ1) is 17.7. The van der Waals surface area contributed by atoms with Crippen molar-refractivity contribution < 1.29 is 4.52 Å². The summed E-state index contributed by atoms with van der Waals surface area (Å²) in [6, 6.07) is 9.64. The van der Waals surface area contributed by atoms with E-state index in [2.05, 4.69) is 20.6 Å². The summed E-state index contributed by atoms with van der Waals surface area (Å²) in [5.74, 6) is 2.18. The molecule has 0 spiro atoms. The van der Waals surface area contributed by atoms with Gasteiger partial charge >= 0.3 is 5.69 Å². The second-order valence-corrected chi connectivity index (χ2v) is 7.21. The standard InChI is InChI=1S/C19H24N6O2/c1-13(2)17-21-16(27-23-17)12-24-19(26)25(15-8-4-3-5-9-15)18(22-24)14-7-6-10-20-11-14/h3-5,8-9,13-14,20H,6-7,10-12H2,1-2H3/t14-/m0/s1. The first-order valence-corrected chi connectivity index (χ1v) is 9.42. The number of piperidine rings is 1. The second-order valence-electron chi connectivity index (χ2n) is 7.21. The summed E-state index contributed by atoms with van der Waals surface area (Å²) < 4.78 is 8.43. The summed E-state index contributed by atoms with van der Waals surface area (Å²) in [4.78, 5) is 17.5. The molecule has 1 aliphatic heterocycles. The highest BCUT2D eigenvalue weighted by Gasteiger charge is 2.25. The normalized spacial score (nSPS) is 17.5. The molecule has 0 aliphatic carbocycles. The Morgan fingerprint density at radius 3 is 2.78 bits per heavy atom. The summed E-state index contributed by atoms with van der Waals surface area (Å²) in [5.41, 5.74) is 0.633. The lowest BCUT2D eigenvalue weighted by Gasteiger charge is -2.22. The number of hydrogen-bond acceptors (Lipinski definition) is 6. The molecule has 1 saturated heterocycles. The van der Waals surface area contributed by atoms with Crippen LogP contribution in [0.4, 0.5) is 0 Å². The van der Waals surface area contributed by atoms with Crippen LogP contribution in [0.1, 0.15) is 56.1 Å². The molecule has 3 aromatic rings.